The summed E-state index contributed by atoms with van der Waals surface area (Å²) in [4.78, 5) is 15.9. The van der Waals surface area contributed by atoms with E-state index in [0.717, 1.165) is 31.7 Å². The molecule has 0 aromatic rings. The van der Waals surface area contributed by atoms with E-state index in [1.807, 2.05) is 13.8 Å². The lowest BCUT2D eigenvalue weighted by atomic mass is 9.87. The normalized spacial score (nSPS) is 18.6. The number of hydrogen-bond acceptors (Lipinski definition) is 3. The molecular formula is C16H32N2O2. The lowest BCUT2D eigenvalue weighted by molar-refractivity contribution is -0.147. The molecule has 4 heteroatoms. The summed E-state index contributed by atoms with van der Waals surface area (Å²) in [7, 11) is 4.30. The van der Waals surface area contributed by atoms with Crippen molar-refractivity contribution in [2.24, 2.45) is 11.3 Å². The lowest BCUT2D eigenvalue weighted by Gasteiger charge is -2.33. The summed E-state index contributed by atoms with van der Waals surface area (Å²) in [5.74, 6) is 0.175. The van der Waals surface area contributed by atoms with Crippen LogP contribution in [0.15, 0.2) is 0 Å². The number of piperidine rings is 1. The summed E-state index contributed by atoms with van der Waals surface area (Å²) in [5, 5.41) is 9.08. The number of aliphatic carboxylic acids is 1. The number of rotatable bonds is 8. The summed E-state index contributed by atoms with van der Waals surface area (Å²) in [5.41, 5.74) is -0.571. The van der Waals surface area contributed by atoms with Crippen LogP contribution >= 0.6 is 0 Å². The third-order valence-electron chi connectivity index (χ3n) is 4.44. The van der Waals surface area contributed by atoms with Gasteiger partial charge in [-0.1, -0.05) is 6.42 Å². The summed E-state index contributed by atoms with van der Waals surface area (Å²) in [6, 6.07) is 0. The zero-order chi connectivity index (χ0) is 15.2. The zero-order valence-electron chi connectivity index (χ0n) is 13.7. The molecule has 1 N–H and O–H groups in total. The predicted molar refractivity (Wildman–Crippen MR) is 83.0 cm³/mol. The maximum Gasteiger partial charge on any atom is 0.309 e. The molecule has 118 valence electrons. The van der Waals surface area contributed by atoms with Crippen molar-refractivity contribution in [2.45, 2.75) is 46.0 Å². The van der Waals surface area contributed by atoms with Crippen LogP contribution in [-0.4, -0.2) is 61.2 Å². The maximum atomic E-state index is 11.0. The van der Waals surface area contributed by atoms with E-state index in [0.29, 0.717) is 0 Å². The van der Waals surface area contributed by atoms with E-state index in [9.17, 15) is 4.79 Å². The van der Waals surface area contributed by atoms with Crippen molar-refractivity contribution in [3.63, 3.8) is 0 Å². The minimum absolute atomic E-state index is 0.571. The second-order valence-electron chi connectivity index (χ2n) is 7.19. The number of carboxylic acid groups (broad SMARTS) is 1. The molecule has 1 aliphatic rings. The summed E-state index contributed by atoms with van der Waals surface area (Å²) in [6.45, 7) is 8.40. The molecular weight excluding hydrogens is 252 g/mol. The highest BCUT2D eigenvalue weighted by Gasteiger charge is 2.26. The molecule has 0 spiro atoms. The summed E-state index contributed by atoms with van der Waals surface area (Å²) < 4.78 is 0. The molecule has 0 amide bonds. The summed E-state index contributed by atoms with van der Waals surface area (Å²) >= 11 is 0. The Morgan fingerprint density at radius 2 is 1.85 bits per heavy atom. The van der Waals surface area contributed by atoms with Crippen LogP contribution in [0.2, 0.25) is 0 Å². The molecule has 1 fully saturated rings. The lowest BCUT2D eigenvalue weighted by Crippen LogP contribution is -2.37. The molecule has 4 nitrogen and oxygen atoms in total. The van der Waals surface area contributed by atoms with Gasteiger partial charge in [-0.3, -0.25) is 4.79 Å². The minimum atomic E-state index is -0.679. The monoisotopic (exact) mass is 284 g/mol. The van der Waals surface area contributed by atoms with Gasteiger partial charge in [-0.25, -0.2) is 0 Å². The highest BCUT2D eigenvalue weighted by atomic mass is 16.4. The van der Waals surface area contributed by atoms with E-state index in [-0.39, 0.29) is 0 Å². The van der Waals surface area contributed by atoms with Crippen LogP contribution in [0.25, 0.3) is 0 Å². The molecule has 20 heavy (non-hydrogen) atoms. The number of carboxylic acids is 1. The first-order chi connectivity index (χ1) is 9.31. The Morgan fingerprint density at radius 3 is 2.35 bits per heavy atom. The van der Waals surface area contributed by atoms with E-state index in [2.05, 4.69) is 23.9 Å². The number of likely N-dealkylation sites (tertiary alicyclic amines) is 1. The quantitative estimate of drug-likeness (QED) is 0.696. The molecule has 0 unspecified atom stereocenters. The van der Waals surface area contributed by atoms with Crippen LogP contribution in [0.3, 0.4) is 0 Å². The number of carbonyl (C=O) groups is 1. The first kappa shape index (κ1) is 17.4. The van der Waals surface area contributed by atoms with E-state index in [1.165, 1.54) is 32.5 Å². The van der Waals surface area contributed by atoms with Crippen molar-refractivity contribution in [1.29, 1.82) is 0 Å². The van der Waals surface area contributed by atoms with Gasteiger partial charge in [0, 0.05) is 6.54 Å². The highest BCUT2D eigenvalue weighted by molar-refractivity contribution is 5.73. The van der Waals surface area contributed by atoms with Crippen LogP contribution in [0.5, 0.6) is 0 Å². The Bertz CT molecular complexity index is 295. The van der Waals surface area contributed by atoms with Gasteiger partial charge in [0.2, 0.25) is 0 Å². The summed E-state index contributed by atoms with van der Waals surface area (Å²) in [6.07, 6.45) is 5.52. The van der Waals surface area contributed by atoms with Crippen LogP contribution in [0.4, 0.5) is 0 Å². The topological polar surface area (TPSA) is 43.8 Å². The third-order valence-corrected chi connectivity index (χ3v) is 4.44. The second-order valence-corrected chi connectivity index (χ2v) is 7.19. The van der Waals surface area contributed by atoms with Gasteiger partial charge >= 0.3 is 5.97 Å². The predicted octanol–water partition coefficient (Wildman–Crippen LogP) is 2.54. The van der Waals surface area contributed by atoms with Gasteiger partial charge < -0.3 is 14.9 Å². The second kappa shape index (κ2) is 7.99. The fourth-order valence-corrected chi connectivity index (χ4v) is 2.92. The van der Waals surface area contributed by atoms with Gasteiger partial charge in [-0.05, 0) is 79.2 Å². The molecule has 0 bridgehead atoms. The Morgan fingerprint density at radius 1 is 1.25 bits per heavy atom. The standard InChI is InChI=1S/C16H32N2O2/c1-16(2,15(19)20)9-5-6-10-18-11-7-14(8-12-18)13-17(3)4/h14H,5-13H2,1-4H3,(H,19,20). The molecule has 0 radical (unpaired) electrons. The number of unbranched alkanes of at least 4 members (excludes halogenated alkanes) is 1. The highest BCUT2D eigenvalue weighted by Crippen LogP contribution is 2.24. The van der Waals surface area contributed by atoms with Crippen molar-refractivity contribution in [1.82, 2.24) is 9.80 Å². The number of nitrogens with zero attached hydrogens (tertiary/aromatic N) is 2. The molecule has 1 rings (SSSR count). The van der Waals surface area contributed by atoms with Crippen LogP contribution in [-0.2, 0) is 4.79 Å². The smallest absolute Gasteiger partial charge is 0.309 e. The van der Waals surface area contributed by atoms with Crippen LogP contribution in [0.1, 0.15) is 46.0 Å². The van der Waals surface area contributed by atoms with E-state index in [4.69, 9.17) is 5.11 Å². The van der Waals surface area contributed by atoms with Gasteiger partial charge in [0.1, 0.15) is 0 Å². The van der Waals surface area contributed by atoms with Gasteiger partial charge in [0.05, 0.1) is 5.41 Å². The molecule has 1 aliphatic heterocycles. The van der Waals surface area contributed by atoms with Crippen LogP contribution in [0, 0.1) is 11.3 Å². The van der Waals surface area contributed by atoms with Gasteiger partial charge in [0.15, 0.2) is 0 Å². The number of hydrogen-bond donors (Lipinski definition) is 1. The maximum absolute atomic E-state index is 11.0. The Balaban J connectivity index is 2.11. The average Bonchev–Trinajstić information content (AvgIpc) is 2.35. The van der Waals surface area contributed by atoms with Crippen molar-refractivity contribution >= 4 is 5.97 Å². The van der Waals surface area contributed by atoms with E-state index in [1.54, 1.807) is 0 Å². The molecule has 0 aromatic carbocycles. The molecule has 0 aromatic heterocycles. The first-order valence-electron chi connectivity index (χ1n) is 7.92. The van der Waals surface area contributed by atoms with Crippen molar-refractivity contribution in [3.8, 4) is 0 Å². The van der Waals surface area contributed by atoms with Crippen molar-refractivity contribution < 1.29 is 9.90 Å². The SMILES string of the molecule is CN(C)CC1CCN(CCCCC(C)(C)C(=O)O)CC1. The average molecular weight is 284 g/mol. The molecule has 1 heterocycles. The molecule has 0 atom stereocenters. The zero-order valence-corrected chi connectivity index (χ0v) is 13.7. The molecule has 1 saturated heterocycles. The third kappa shape index (κ3) is 6.23. The van der Waals surface area contributed by atoms with Gasteiger partial charge in [0.25, 0.3) is 0 Å². The van der Waals surface area contributed by atoms with Crippen molar-refractivity contribution in [3.05, 3.63) is 0 Å². The fraction of sp³-hybridized carbons (Fsp3) is 0.938. The fourth-order valence-electron chi connectivity index (χ4n) is 2.92. The molecule has 0 saturated carbocycles. The Kier molecular flexibility index (Phi) is 6.96. The van der Waals surface area contributed by atoms with E-state index >= 15 is 0 Å². The van der Waals surface area contributed by atoms with E-state index < -0.39 is 11.4 Å². The minimum Gasteiger partial charge on any atom is -0.481 e. The van der Waals surface area contributed by atoms with Crippen LogP contribution < -0.4 is 0 Å². The first-order valence-corrected chi connectivity index (χ1v) is 7.92. The molecule has 0 aliphatic carbocycles. The Hall–Kier alpha value is -0.610. The van der Waals surface area contributed by atoms with Gasteiger partial charge in [-0.15, -0.1) is 0 Å². The van der Waals surface area contributed by atoms with Gasteiger partial charge in [-0.2, -0.15) is 0 Å². The van der Waals surface area contributed by atoms with Crippen molar-refractivity contribution in [2.75, 3.05) is 40.3 Å². The Labute approximate surface area is 124 Å². The largest absolute Gasteiger partial charge is 0.481 e.